The molecule has 27 heavy (non-hydrogen) atoms. The number of aromatic nitrogens is 1. The molecule has 2 aromatic rings. The third-order valence-electron chi connectivity index (χ3n) is 4.14. The molecular weight excluding hydrogens is 389 g/mol. The standard InChI is InChI=1S/C18H26ClN3.H3O4P/c1-4-22(5-2)12-8-9-14(3)21-18-16-11-7-6-10-15(16)17(19)13-20-18;1-5(2,3)4/h6-7,10-11,13-14H,4-5,8-9,12H2,1-3H3,(H,20,21);(H3,1,2,3,4). The molecule has 0 fully saturated rings. The Morgan fingerprint density at radius 3 is 2.30 bits per heavy atom. The van der Waals surface area contributed by atoms with Crippen molar-refractivity contribution in [2.24, 2.45) is 0 Å². The normalized spacial score (nSPS) is 12.6. The van der Waals surface area contributed by atoms with Crippen LogP contribution in [0.25, 0.3) is 10.8 Å². The van der Waals surface area contributed by atoms with Crippen molar-refractivity contribution >= 4 is 36.0 Å². The number of hydrogen-bond donors (Lipinski definition) is 4. The van der Waals surface area contributed by atoms with Crippen molar-refractivity contribution in [3.05, 3.63) is 35.5 Å². The van der Waals surface area contributed by atoms with Crippen molar-refractivity contribution in [2.45, 2.75) is 39.7 Å². The highest BCUT2D eigenvalue weighted by Crippen LogP contribution is 2.28. The number of halogens is 1. The molecule has 0 bridgehead atoms. The summed E-state index contributed by atoms with van der Waals surface area (Å²) in [5.74, 6) is 0.926. The van der Waals surface area contributed by atoms with Crippen LogP contribution in [0.3, 0.4) is 0 Å². The van der Waals surface area contributed by atoms with Gasteiger partial charge in [0.15, 0.2) is 0 Å². The summed E-state index contributed by atoms with van der Waals surface area (Å²) in [4.78, 5) is 28.5. The van der Waals surface area contributed by atoms with E-state index in [2.05, 4.69) is 42.0 Å². The first-order chi connectivity index (χ1) is 12.7. The first kappa shape index (κ1) is 23.8. The van der Waals surface area contributed by atoms with Gasteiger partial charge in [-0.25, -0.2) is 9.55 Å². The van der Waals surface area contributed by atoms with E-state index in [1.165, 1.54) is 6.42 Å². The Bertz CT molecular complexity index is 744. The lowest BCUT2D eigenvalue weighted by molar-refractivity contribution is 0.275. The lowest BCUT2D eigenvalue weighted by Crippen LogP contribution is -2.25. The molecule has 0 radical (unpaired) electrons. The van der Waals surface area contributed by atoms with Gasteiger partial charge in [-0.3, -0.25) is 0 Å². The quantitative estimate of drug-likeness (QED) is 0.483. The van der Waals surface area contributed by atoms with Crippen LogP contribution >= 0.6 is 19.4 Å². The third-order valence-corrected chi connectivity index (χ3v) is 4.44. The van der Waals surface area contributed by atoms with Crippen LogP contribution in [0.5, 0.6) is 0 Å². The van der Waals surface area contributed by atoms with E-state index in [0.29, 0.717) is 11.1 Å². The zero-order valence-corrected chi connectivity index (χ0v) is 17.6. The second kappa shape index (κ2) is 11.6. The lowest BCUT2D eigenvalue weighted by Gasteiger charge is -2.20. The van der Waals surface area contributed by atoms with Crippen molar-refractivity contribution in [3.63, 3.8) is 0 Å². The maximum atomic E-state index is 8.88. The Morgan fingerprint density at radius 1 is 1.19 bits per heavy atom. The molecule has 1 aromatic carbocycles. The number of pyridine rings is 1. The summed E-state index contributed by atoms with van der Waals surface area (Å²) >= 11 is 6.22. The van der Waals surface area contributed by atoms with E-state index in [0.717, 1.165) is 42.6 Å². The van der Waals surface area contributed by atoms with Crippen LogP contribution in [0.15, 0.2) is 30.5 Å². The van der Waals surface area contributed by atoms with E-state index in [4.69, 9.17) is 30.8 Å². The van der Waals surface area contributed by atoms with Crippen LogP contribution < -0.4 is 5.32 Å². The summed E-state index contributed by atoms with van der Waals surface area (Å²) in [5, 5.41) is 6.38. The van der Waals surface area contributed by atoms with Crippen molar-refractivity contribution in [1.29, 1.82) is 0 Å². The van der Waals surface area contributed by atoms with Crippen LogP contribution in [0, 0.1) is 0 Å². The molecule has 2 rings (SSSR count). The van der Waals surface area contributed by atoms with Crippen LogP contribution in [0.1, 0.15) is 33.6 Å². The SMILES string of the molecule is CCN(CC)CCCC(C)Nc1ncc(Cl)c2ccccc12.O=P(O)(O)O. The molecule has 0 saturated carbocycles. The summed E-state index contributed by atoms with van der Waals surface area (Å²) in [6, 6.07) is 8.53. The Labute approximate surface area is 165 Å². The largest absolute Gasteiger partial charge is 0.466 e. The van der Waals surface area contributed by atoms with Gasteiger partial charge in [0.25, 0.3) is 0 Å². The maximum Gasteiger partial charge on any atom is 0.466 e. The molecule has 9 heteroatoms. The lowest BCUT2D eigenvalue weighted by atomic mass is 10.1. The highest BCUT2D eigenvalue weighted by atomic mass is 35.5. The fourth-order valence-corrected chi connectivity index (χ4v) is 2.95. The molecule has 1 atom stereocenters. The number of nitrogens with zero attached hydrogens (tertiary/aromatic N) is 2. The Kier molecular flexibility index (Phi) is 10.2. The summed E-state index contributed by atoms with van der Waals surface area (Å²) in [6.45, 7) is 10.1. The molecule has 1 aromatic heterocycles. The fourth-order valence-electron chi connectivity index (χ4n) is 2.74. The van der Waals surface area contributed by atoms with E-state index in [1.54, 1.807) is 6.20 Å². The number of fused-ring (bicyclic) bond motifs is 1. The molecule has 152 valence electrons. The Morgan fingerprint density at radius 2 is 1.74 bits per heavy atom. The minimum Gasteiger partial charge on any atom is -0.367 e. The van der Waals surface area contributed by atoms with Gasteiger partial charge >= 0.3 is 7.82 Å². The van der Waals surface area contributed by atoms with Gasteiger partial charge in [0.05, 0.1) is 5.02 Å². The molecule has 0 aliphatic heterocycles. The molecule has 1 heterocycles. The summed E-state index contributed by atoms with van der Waals surface area (Å²) in [5.41, 5.74) is 0. The monoisotopic (exact) mass is 417 g/mol. The smallest absolute Gasteiger partial charge is 0.367 e. The van der Waals surface area contributed by atoms with Crippen molar-refractivity contribution in [2.75, 3.05) is 25.0 Å². The van der Waals surface area contributed by atoms with E-state index >= 15 is 0 Å². The summed E-state index contributed by atoms with van der Waals surface area (Å²) < 4.78 is 8.88. The van der Waals surface area contributed by atoms with Crippen LogP contribution in [0.4, 0.5) is 5.82 Å². The minimum atomic E-state index is -4.64. The number of rotatable bonds is 8. The Balaban J connectivity index is 0.000000646. The summed E-state index contributed by atoms with van der Waals surface area (Å²) in [6.07, 6.45) is 4.06. The molecule has 1 unspecified atom stereocenters. The first-order valence-corrected chi connectivity index (χ1v) is 10.9. The van der Waals surface area contributed by atoms with Gasteiger partial charge in [0, 0.05) is 23.0 Å². The van der Waals surface area contributed by atoms with E-state index in [1.807, 2.05) is 18.2 Å². The summed E-state index contributed by atoms with van der Waals surface area (Å²) in [7, 11) is -4.64. The number of nitrogens with one attached hydrogen (secondary N) is 1. The van der Waals surface area contributed by atoms with Crippen molar-refractivity contribution in [1.82, 2.24) is 9.88 Å². The molecule has 7 nitrogen and oxygen atoms in total. The van der Waals surface area contributed by atoms with Crippen LogP contribution in [-0.2, 0) is 4.57 Å². The van der Waals surface area contributed by atoms with Gasteiger partial charge in [-0.15, -0.1) is 0 Å². The van der Waals surface area contributed by atoms with Gasteiger partial charge in [-0.2, -0.15) is 0 Å². The number of phosphoric acid groups is 1. The van der Waals surface area contributed by atoms with E-state index in [-0.39, 0.29) is 0 Å². The predicted molar refractivity (Wildman–Crippen MR) is 111 cm³/mol. The predicted octanol–water partition coefficient (Wildman–Crippen LogP) is 3.88. The molecule has 4 N–H and O–H groups in total. The second-order valence-electron chi connectivity index (χ2n) is 6.23. The van der Waals surface area contributed by atoms with Crippen LogP contribution in [0.2, 0.25) is 5.02 Å². The highest BCUT2D eigenvalue weighted by Gasteiger charge is 2.09. The van der Waals surface area contributed by atoms with Crippen molar-refractivity contribution in [3.8, 4) is 0 Å². The average Bonchev–Trinajstić information content (AvgIpc) is 2.60. The molecule has 0 amide bonds. The average molecular weight is 418 g/mol. The van der Waals surface area contributed by atoms with E-state index < -0.39 is 7.82 Å². The minimum absolute atomic E-state index is 0.396. The van der Waals surface area contributed by atoms with Gasteiger partial charge in [-0.1, -0.05) is 49.7 Å². The van der Waals surface area contributed by atoms with Gasteiger partial charge in [0.2, 0.25) is 0 Å². The molecular formula is C18H29ClN3O4P. The molecule has 0 spiro atoms. The second-order valence-corrected chi connectivity index (χ2v) is 7.66. The van der Waals surface area contributed by atoms with Gasteiger partial charge in [0.1, 0.15) is 5.82 Å². The zero-order chi connectivity index (χ0) is 20.4. The number of benzene rings is 1. The fraction of sp³-hybridized carbons (Fsp3) is 0.500. The number of hydrogen-bond acceptors (Lipinski definition) is 4. The van der Waals surface area contributed by atoms with Gasteiger partial charge < -0.3 is 24.9 Å². The molecule has 0 aliphatic rings. The van der Waals surface area contributed by atoms with Crippen LogP contribution in [-0.4, -0.2) is 50.2 Å². The van der Waals surface area contributed by atoms with E-state index in [9.17, 15) is 0 Å². The number of anilines is 1. The zero-order valence-electron chi connectivity index (χ0n) is 16.0. The Hall–Kier alpha value is -1.21. The molecule has 0 saturated heterocycles. The van der Waals surface area contributed by atoms with Crippen molar-refractivity contribution < 1.29 is 19.2 Å². The first-order valence-electron chi connectivity index (χ1n) is 8.96. The topological polar surface area (TPSA) is 106 Å². The highest BCUT2D eigenvalue weighted by molar-refractivity contribution is 7.45. The third kappa shape index (κ3) is 9.51. The van der Waals surface area contributed by atoms with Gasteiger partial charge in [-0.05, 0) is 39.4 Å². The molecule has 0 aliphatic carbocycles. The maximum absolute atomic E-state index is 8.88.